The van der Waals surface area contributed by atoms with Crippen LogP contribution in [-0.2, 0) is 34.3 Å². The molecule has 0 spiro atoms. The highest BCUT2D eigenvalue weighted by Crippen LogP contribution is 2.31. The third-order valence-corrected chi connectivity index (χ3v) is 7.93. The number of nitrogens with zero attached hydrogens (tertiary/aromatic N) is 1. The number of hydrogen-bond donors (Lipinski definition) is 0. The lowest BCUT2D eigenvalue weighted by Gasteiger charge is -2.34. The number of benzene rings is 3. The summed E-state index contributed by atoms with van der Waals surface area (Å²) in [5.41, 5.74) is 3.00. The minimum absolute atomic E-state index is 0.163. The SMILES string of the molecule is COc1ccccc1S(=O)(=O)N1Cc2ccccc2COCC1Cc1ccc(Br)cc1. The number of hydrogen-bond acceptors (Lipinski definition) is 4. The standard InChI is InChI=1S/C24H24BrNO4S/c1-29-23-8-4-5-9-24(23)31(27,28)26-15-19-6-2-3-7-20(19)16-30-17-22(26)14-18-10-12-21(25)13-11-18/h2-13,22H,14-17H2,1H3. The number of methoxy groups -OCH3 is 1. The summed E-state index contributed by atoms with van der Waals surface area (Å²) >= 11 is 3.46. The Morgan fingerprint density at radius 1 is 1.00 bits per heavy atom. The van der Waals surface area contributed by atoms with Gasteiger partial charge in [-0.25, -0.2) is 8.42 Å². The molecule has 4 rings (SSSR count). The molecule has 1 aliphatic heterocycles. The molecular weight excluding hydrogens is 478 g/mol. The third kappa shape index (κ3) is 4.85. The van der Waals surface area contributed by atoms with Crippen molar-refractivity contribution < 1.29 is 17.9 Å². The first-order chi connectivity index (χ1) is 15.0. The molecule has 5 nitrogen and oxygen atoms in total. The Bertz CT molecular complexity index is 1150. The van der Waals surface area contributed by atoms with Crippen LogP contribution in [-0.4, -0.2) is 32.5 Å². The summed E-state index contributed by atoms with van der Waals surface area (Å²) in [5, 5.41) is 0. The predicted octanol–water partition coefficient (Wildman–Crippen LogP) is 4.79. The summed E-state index contributed by atoms with van der Waals surface area (Å²) in [6, 6.07) is 22.2. The maximum absolute atomic E-state index is 13.9. The fourth-order valence-electron chi connectivity index (χ4n) is 3.83. The Hall–Kier alpha value is -2.19. The molecule has 1 atom stereocenters. The number of halogens is 1. The van der Waals surface area contributed by atoms with E-state index < -0.39 is 10.0 Å². The van der Waals surface area contributed by atoms with Gasteiger partial charge in [-0.15, -0.1) is 0 Å². The van der Waals surface area contributed by atoms with Crippen LogP contribution in [0.3, 0.4) is 0 Å². The van der Waals surface area contributed by atoms with Gasteiger partial charge in [-0.2, -0.15) is 4.31 Å². The molecule has 0 aliphatic carbocycles. The van der Waals surface area contributed by atoms with Crippen molar-refractivity contribution in [2.45, 2.75) is 30.5 Å². The normalized spacial score (nSPS) is 17.4. The average molecular weight is 502 g/mol. The number of ether oxygens (including phenoxy) is 2. The Morgan fingerprint density at radius 2 is 1.68 bits per heavy atom. The van der Waals surface area contributed by atoms with E-state index in [1.165, 1.54) is 7.11 Å². The van der Waals surface area contributed by atoms with Crippen LogP contribution in [0.5, 0.6) is 5.75 Å². The van der Waals surface area contributed by atoms with Crippen LogP contribution >= 0.6 is 15.9 Å². The number of para-hydroxylation sites is 1. The van der Waals surface area contributed by atoms with E-state index in [0.717, 1.165) is 21.2 Å². The molecular formula is C24H24BrNO4S. The van der Waals surface area contributed by atoms with E-state index in [-0.39, 0.29) is 17.5 Å². The topological polar surface area (TPSA) is 55.8 Å². The summed E-state index contributed by atoms with van der Waals surface area (Å²) in [4.78, 5) is 0.163. The Labute approximate surface area is 191 Å². The summed E-state index contributed by atoms with van der Waals surface area (Å²) in [7, 11) is -2.36. The molecule has 1 unspecified atom stereocenters. The maximum Gasteiger partial charge on any atom is 0.247 e. The van der Waals surface area contributed by atoms with E-state index in [1.807, 2.05) is 48.5 Å². The fraction of sp³-hybridized carbons (Fsp3) is 0.250. The molecule has 0 radical (unpaired) electrons. The fourth-order valence-corrected chi connectivity index (χ4v) is 5.84. The molecule has 0 bridgehead atoms. The van der Waals surface area contributed by atoms with E-state index in [2.05, 4.69) is 15.9 Å². The Morgan fingerprint density at radius 3 is 2.42 bits per heavy atom. The number of fused-ring (bicyclic) bond motifs is 1. The van der Waals surface area contributed by atoms with Crippen molar-refractivity contribution in [3.05, 3.63) is 94.0 Å². The first kappa shape index (κ1) is 22.0. The summed E-state index contributed by atoms with van der Waals surface area (Å²) in [5.74, 6) is 0.334. The van der Waals surface area contributed by atoms with Crippen LogP contribution in [0.25, 0.3) is 0 Å². The molecule has 162 valence electrons. The smallest absolute Gasteiger partial charge is 0.247 e. The van der Waals surface area contributed by atoms with Crippen molar-refractivity contribution in [3.63, 3.8) is 0 Å². The number of sulfonamides is 1. The van der Waals surface area contributed by atoms with Crippen molar-refractivity contribution in [3.8, 4) is 5.75 Å². The minimum atomic E-state index is -3.85. The molecule has 0 N–H and O–H groups in total. The highest BCUT2D eigenvalue weighted by atomic mass is 79.9. The lowest BCUT2D eigenvalue weighted by Crippen LogP contribution is -2.45. The van der Waals surface area contributed by atoms with Gasteiger partial charge in [0.25, 0.3) is 0 Å². The predicted molar refractivity (Wildman–Crippen MR) is 123 cm³/mol. The minimum Gasteiger partial charge on any atom is -0.495 e. The summed E-state index contributed by atoms with van der Waals surface area (Å²) in [6.07, 6.45) is 0.545. The van der Waals surface area contributed by atoms with Gasteiger partial charge >= 0.3 is 0 Å². The van der Waals surface area contributed by atoms with E-state index in [1.54, 1.807) is 28.6 Å². The lowest BCUT2D eigenvalue weighted by molar-refractivity contribution is 0.0673. The zero-order chi connectivity index (χ0) is 21.8. The van der Waals surface area contributed by atoms with Crippen LogP contribution in [0.1, 0.15) is 16.7 Å². The van der Waals surface area contributed by atoms with Crippen LogP contribution in [0.15, 0.2) is 82.2 Å². The largest absolute Gasteiger partial charge is 0.495 e. The van der Waals surface area contributed by atoms with E-state index in [9.17, 15) is 8.42 Å². The van der Waals surface area contributed by atoms with Crippen molar-refractivity contribution >= 4 is 26.0 Å². The number of rotatable bonds is 5. The molecule has 3 aromatic carbocycles. The molecule has 0 saturated heterocycles. The van der Waals surface area contributed by atoms with Gasteiger partial charge in [-0.1, -0.05) is 64.5 Å². The molecule has 1 aliphatic rings. The molecule has 0 fully saturated rings. The van der Waals surface area contributed by atoms with Gasteiger partial charge in [-0.3, -0.25) is 0 Å². The molecule has 0 saturated carbocycles. The van der Waals surface area contributed by atoms with Crippen LogP contribution in [0.4, 0.5) is 0 Å². The van der Waals surface area contributed by atoms with E-state index in [4.69, 9.17) is 9.47 Å². The molecule has 31 heavy (non-hydrogen) atoms. The van der Waals surface area contributed by atoms with Crippen LogP contribution < -0.4 is 4.74 Å². The quantitative estimate of drug-likeness (QED) is 0.504. The van der Waals surface area contributed by atoms with Crippen molar-refractivity contribution in [1.82, 2.24) is 4.31 Å². The molecule has 0 aromatic heterocycles. The van der Waals surface area contributed by atoms with Gasteiger partial charge in [0.1, 0.15) is 10.6 Å². The second-order valence-corrected chi connectivity index (χ2v) is 10.2. The van der Waals surface area contributed by atoms with Gasteiger partial charge in [0.05, 0.1) is 26.4 Å². The highest BCUT2D eigenvalue weighted by molar-refractivity contribution is 9.10. The monoisotopic (exact) mass is 501 g/mol. The van der Waals surface area contributed by atoms with Crippen molar-refractivity contribution in [1.29, 1.82) is 0 Å². The first-order valence-corrected chi connectivity index (χ1v) is 12.3. The van der Waals surface area contributed by atoms with Crippen LogP contribution in [0.2, 0.25) is 0 Å². The highest BCUT2D eigenvalue weighted by Gasteiger charge is 2.35. The van der Waals surface area contributed by atoms with Gasteiger partial charge in [0.15, 0.2) is 0 Å². The van der Waals surface area contributed by atoms with Gasteiger partial charge < -0.3 is 9.47 Å². The second-order valence-electron chi connectivity index (χ2n) is 7.47. The molecule has 1 heterocycles. The van der Waals surface area contributed by atoms with Gasteiger partial charge in [-0.05, 0) is 47.4 Å². The maximum atomic E-state index is 13.9. The average Bonchev–Trinajstić information content (AvgIpc) is 2.77. The van der Waals surface area contributed by atoms with Gasteiger partial charge in [0.2, 0.25) is 10.0 Å². The molecule has 3 aromatic rings. The van der Waals surface area contributed by atoms with E-state index in [0.29, 0.717) is 25.4 Å². The molecule has 7 heteroatoms. The molecule has 0 amide bonds. The summed E-state index contributed by atoms with van der Waals surface area (Å²) in [6.45, 7) is 1.05. The Kier molecular flexibility index (Phi) is 6.77. The van der Waals surface area contributed by atoms with Crippen molar-refractivity contribution in [2.75, 3.05) is 13.7 Å². The van der Waals surface area contributed by atoms with Crippen molar-refractivity contribution in [2.24, 2.45) is 0 Å². The van der Waals surface area contributed by atoms with Gasteiger partial charge in [0, 0.05) is 11.0 Å². The zero-order valence-corrected chi connectivity index (χ0v) is 19.6. The Balaban J connectivity index is 1.78. The third-order valence-electron chi connectivity index (χ3n) is 5.46. The first-order valence-electron chi connectivity index (χ1n) is 10.0. The summed E-state index contributed by atoms with van der Waals surface area (Å²) < 4.78 is 41.7. The van der Waals surface area contributed by atoms with E-state index >= 15 is 0 Å². The lowest BCUT2D eigenvalue weighted by atomic mass is 10.0. The van der Waals surface area contributed by atoms with Crippen LogP contribution in [0, 0.1) is 0 Å². The second kappa shape index (κ2) is 9.53. The zero-order valence-electron chi connectivity index (χ0n) is 17.2.